The van der Waals surface area contributed by atoms with Gasteiger partial charge in [-0.05, 0) is 79.7 Å². The van der Waals surface area contributed by atoms with Crippen molar-refractivity contribution in [3.63, 3.8) is 0 Å². The molecule has 1 fully saturated rings. The fourth-order valence-electron chi connectivity index (χ4n) is 3.07. The molecular formula is C21H17BrN4OS. The maximum Gasteiger partial charge on any atom is 0.264 e. The van der Waals surface area contributed by atoms with E-state index in [1.165, 1.54) is 11.8 Å². The predicted octanol–water partition coefficient (Wildman–Crippen LogP) is 5.14. The maximum atomic E-state index is 12.4. The zero-order valence-corrected chi connectivity index (χ0v) is 17.7. The zero-order valence-electron chi connectivity index (χ0n) is 15.3. The van der Waals surface area contributed by atoms with Crippen LogP contribution in [0, 0.1) is 13.8 Å². The van der Waals surface area contributed by atoms with E-state index in [4.69, 9.17) is 0 Å². The summed E-state index contributed by atoms with van der Waals surface area (Å²) >= 11 is 4.76. The topological polar surface area (TPSA) is 59.3 Å². The number of carbonyl (C=O) groups excluding carboxylic acids is 1. The molecule has 0 atom stereocenters. The van der Waals surface area contributed by atoms with Crippen molar-refractivity contribution < 1.29 is 4.79 Å². The number of thioether (sulfide) groups is 1. The van der Waals surface area contributed by atoms with Gasteiger partial charge in [0.1, 0.15) is 0 Å². The van der Waals surface area contributed by atoms with Crippen molar-refractivity contribution in [1.82, 2.24) is 14.9 Å². The molecule has 0 spiro atoms. The summed E-state index contributed by atoms with van der Waals surface area (Å²) in [5, 5.41) is 3.42. The van der Waals surface area contributed by atoms with E-state index in [-0.39, 0.29) is 5.91 Å². The number of hydrogen-bond donors (Lipinski definition) is 1. The van der Waals surface area contributed by atoms with Gasteiger partial charge in [0.25, 0.3) is 5.91 Å². The maximum absolute atomic E-state index is 12.4. The van der Waals surface area contributed by atoms with Gasteiger partial charge in [-0.3, -0.25) is 9.78 Å². The molecular weight excluding hydrogens is 436 g/mol. The first kappa shape index (κ1) is 18.7. The fraction of sp³-hybridized carbons (Fsp3) is 0.0952. The van der Waals surface area contributed by atoms with Crippen molar-refractivity contribution in [3.05, 3.63) is 81.2 Å². The molecule has 5 nitrogen and oxygen atoms in total. The predicted molar refractivity (Wildman–Crippen MR) is 118 cm³/mol. The number of benzene rings is 1. The summed E-state index contributed by atoms with van der Waals surface area (Å²) in [4.78, 5) is 21.7. The van der Waals surface area contributed by atoms with E-state index >= 15 is 0 Å². The van der Waals surface area contributed by atoms with Gasteiger partial charge in [0.05, 0.1) is 22.5 Å². The highest BCUT2D eigenvalue weighted by molar-refractivity contribution is 9.10. The number of halogens is 1. The minimum Gasteiger partial charge on any atom is -0.316 e. The second kappa shape index (κ2) is 7.77. The summed E-state index contributed by atoms with van der Waals surface area (Å²) < 4.78 is 3.12. The second-order valence-corrected chi connectivity index (χ2v) is 8.28. The quantitative estimate of drug-likeness (QED) is 0.559. The summed E-state index contributed by atoms with van der Waals surface area (Å²) in [6, 6.07) is 13.6. The van der Waals surface area contributed by atoms with Crippen molar-refractivity contribution in [2.45, 2.75) is 13.8 Å². The Morgan fingerprint density at radius 2 is 2.00 bits per heavy atom. The first-order valence-electron chi connectivity index (χ1n) is 8.66. The largest absolute Gasteiger partial charge is 0.316 e. The summed E-state index contributed by atoms with van der Waals surface area (Å²) in [5.41, 5.74) is 4.95. The van der Waals surface area contributed by atoms with E-state index in [1.54, 1.807) is 6.20 Å². The van der Waals surface area contributed by atoms with E-state index in [9.17, 15) is 4.79 Å². The van der Waals surface area contributed by atoms with E-state index in [2.05, 4.69) is 41.9 Å². The minimum absolute atomic E-state index is 0.132. The Labute approximate surface area is 175 Å². The Bertz CT molecular complexity index is 1100. The Hall–Kier alpha value is -2.64. The number of hydrogen-bond acceptors (Lipinski definition) is 4. The van der Waals surface area contributed by atoms with Gasteiger partial charge >= 0.3 is 0 Å². The van der Waals surface area contributed by atoms with Crippen LogP contribution in [0.1, 0.15) is 17.0 Å². The van der Waals surface area contributed by atoms with Crippen molar-refractivity contribution in [3.8, 4) is 5.69 Å². The van der Waals surface area contributed by atoms with Crippen LogP contribution in [0.3, 0.4) is 0 Å². The lowest BCUT2D eigenvalue weighted by Crippen LogP contribution is -2.19. The molecule has 1 N–H and O–H groups in total. The number of pyridine rings is 1. The number of amides is 1. The highest BCUT2D eigenvalue weighted by Gasteiger charge is 2.24. The van der Waals surface area contributed by atoms with Crippen LogP contribution in [0.25, 0.3) is 11.8 Å². The molecule has 140 valence electrons. The molecule has 0 saturated carbocycles. The molecule has 1 aromatic carbocycles. The first-order chi connectivity index (χ1) is 13.5. The summed E-state index contributed by atoms with van der Waals surface area (Å²) in [6.07, 6.45) is 5.50. The second-order valence-electron chi connectivity index (χ2n) is 6.33. The molecule has 0 aliphatic carbocycles. The van der Waals surface area contributed by atoms with Crippen LogP contribution >= 0.6 is 27.7 Å². The average molecular weight is 453 g/mol. The van der Waals surface area contributed by atoms with Crippen LogP contribution < -0.4 is 5.32 Å². The highest BCUT2D eigenvalue weighted by atomic mass is 79.9. The van der Waals surface area contributed by atoms with Crippen LogP contribution in [0.15, 0.2) is 69.2 Å². The Kier molecular flexibility index (Phi) is 5.19. The van der Waals surface area contributed by atoms with Crippen LogP contribution in [-0.4, -0.2) is 20.6 Å². The molecule has 1 saturated heterocycles. The lowest BCUT2D eigenvalue weighted by molar-refractivity contribution is -0.115. The van der Waals surface area contributed by atoms with Gasteiger partial charge < -0.3 is 9.88 Å². The lowest BCUT2D eigenvalue weighted by atomic mass is 10.2. The number of nitrogens with zero attached hydrogens (tertiary/aromatic N) is 3. The number of amidine groups is 1. The molecule has 1 amide bonds. The molecule has 1 aliphatic rings. The Morgan fingerprint density at radius 3 is 2.71 bits per heavy atom. The number of nitrogens with one attached hydrogen (secondary N) is 1. The number of carbonyl (C=O) groups is 1. The molecule has 2 aromatic heterocycles. The molecule has 1 aliphatic heterocycles. The molecule has 3 heterocycles. The number of aromatic nitrogens is 2. The van der Waals surface area contributed by atoms with Gasteiger partial charge in [0.2, 0.25) is 0 Å². The normalized spacial score (nSPS) is 16.8. The van der Waals surface area contributed by atoms with Crippen LogP contribution in [0.4, 0.5) is 5.69 Å². The number of aryl methyl sites for hydroxylation is 1. The van der Waals surface area contributed by atoms with Gasteiger partial charge in [-0.2, -0.15) is 0 Å². The number of rotatable bonds is 3. The van der Waals surface area contributed by atoms with Crippen LogP contribution in [0.5, 0.6) is 0 Å². The summed E-state index contributed by atoms with van der Waals surface area (Å²) in [6.45, 7) is 4.09. The third kappa shape index (κ3) is 3.81. The van der Waals surface area contributed by atoms with Gasteiger partial charge in [-0.25, -0.2) is 4.99 Å². The summed E-state index contributed by atoms with van der Waals surface area (Å²) in [7, 11) is 0. The van der Waals surface area contributed by atoms with Gasteiger partial charge in [0, 0.05) is 22.1 Å². The van der Waals surface area contributed by atoms with Gasteiger partial charge in [0.15, 0.2) is 5.17 Å². The van der Waals surface area contributed by atoms with E-state index < -0.39 is 0 Å². The van der Waals surface area contributed by atoms with E-state index in [0.29, 0.717) is 10.1 Å². The smallest absolute Gasteiger partial charge is 0.264 e. The molecule has 3 aromatic rings. The van der Waals surface area contributed by atoms with E-state index in [1.807, 2.05) is 62.5 Å². The molecule has 0 bridgehead atoms. The molecule has 4 rings (SSSR count). The van der Waals surface area contributed by atoms with Crippen molar-refractivity contribution in [1.29, 1.82) is 0 Å². The van der Waals surface area contributed by atoms with Gasteiger partial charge in [-0.15, -0.1) is 0 Å². The molecule has 28 heavy (non-hydrogen) atoms. The zero-order chi connectivity index (χ0) is 19.7. The van der Waals surface area contributed by atoms with E-state index in [0.717, 1.165) is 32.8 Å². The van der Waals surface area contributed by atoms with Gasteiger partial charge in [-0.1, -0.05) is 15.9 Å². The first-order valence-corrected chi connectivity index (χ1v) is 10.3. The molecule has 0 radical (unpaired) electrons. The number of aliphatic imine (C=N–C) groups is 1. The fourth-order valence-corrected chi connectivity index (χ4v) is 4.17. The third-order valence-corrected chi connectivity index (χ3v) is 5.81. The third-order valence-electron chi connectivity index (χ3n) is 4.37. The van der Waals surface area contributed by atoms with Crippen molar-refractivity contribution in [2.75, 3.05) is 0 Å². The molecule has 7 heteroatoms. The van der Waals surface area contributed by atoms with Crippen molar-refractivity contribution >= 4 is 50.5 Å². The lowest BCUT2D eigenvalue weighted by Gasteiger charge is -2.08. The monoisotopic (exact) mass is 452 g/mol. The van der Waals surface area contributed by atoms with Crippen LogP contribution in [0.2, 0.25) is 0 Å². The minimum atomic E-state index is -0.132. The summed E-state index contributed by atoms with van der Waals surface area (Å²) in [5.74, 6) is -0.132. The van der Waals surface area contributed by atoms with Crippen molar-refractivity contribution in [2.24, 2.45) is 4.99 Å². The SMILES string of the molecule is Cc1cc(/C=C2\SC(=Nc3ccc(Br)cc3)NC2=O)c(C)n1-c1cccnc1. The highest BCUT2D eigenvalue weighted by Crippen LogP contribution is 2.30. The van der Waals surface area contributed by atoms with Crippen LogP contribution in [-0.2, 0) is 4.79 Å². The molecule has 0 unspecified atom stereocenters. The standard InChI is InChI=1S/C21H17BrN4OS/c1-13-10-15(14(2)26(13)18-4-3-9-23-12-18)11-19-20(27)25-21(28-19)24-17-7-5-16(22)6-8-17/h3-12H,1-2H3,(H,24,25,27)/b19-11-. The Balaban J connectivity index is 1.63. The Morgan fingerprint density at radius 1 is 1.21 bits per heavy atom. The average Bonchev–Trinajstić information content (AvgIpc) is 3.16.